The number of hydrogen-bond donors (Lipinski definition) is 1. The summed E-state index contributed by atoms with van der Waals surface area (Å²) in [5.74, 6) is 0.657. The number of nitrogens with zero attached hydrogens (tertiary/aromatic N) is 3. The second-order valence-electron chi connectivity index (χ2n) is 3.75. The van der Waals surface area contributed by atoms with Gasteiger partial charge in [0.25, 0.3) is 0 Å². The second-order valence-corrected chi connectivity index (χ2v) is 4.66. The molecule has 0 saturated carbocycles. The summed E-state index contributed by atoms with van der Waals surface area (Å²) in [5.41, 5.74) is 0.569. The monoisotopic (exact) mass is 282 g/mol. The first-order chi connectivity index (χ1) is 7.63. The van der Waals surface area contributed by atoms with Gasteiger partial charge < -0.3 is 10.2 Å². The topological polar surface area (TPSA) is 52.0 Å². The van der Waals surface area contributed by atoms with E-state index < -0.39 is 0 Å². The lowest BCUT2D eigenvalue weighted by molar-refractivity contribution is 0.405. The molecular formula is C11H15BrN4. The average Bonchev–Trinajstić information content (AvgIpc) is 2.25. The number of hydrogen-bond acceptors (Lipinski definition) is 4. The molecule has 0 aliphatic rings. The van der Waals surface area contributed by atoms with Gasteiger partial charge >= 0.3 is 0 Å². The molecule has 0 saturated heterocycles. The van der Waals surface area contributed by atoms with Crippen molar-refractivity contribution in [2.24, 2.45) is 0 Å². The Bertz CT molecular complexity index is 384. The van der Waals surface area contributed by atoms with Crippen molar-refractivity contribution in [1.29, 1.82) is 5.26 Å². The predicted octanol–water partition coefficient (Wildman–Crippen LogP) is 2.08. The number of aromatic nitrogens is 1. The van der Waals surface area contributed by atoms with Gasteiger partial charge in [0.1, 0.15) is 11.9 Å². The molecule has 0 aromatic carbocycles. The van der Waals surface area contributed by atoms with Crippen molar-refractivity contribution < 1.29 is 0 Å². The number of nitrogens with one attached hydrogen (secondary N) is 1. The highest BCUT2D eigenvalue weighted by molar-refractivity contribution is 9.10. The van der Waals surface area contributed by atoms with Crippen LogP contribution < -0.4 is 5.32 Å². The number of nitriles is 1. The minimum absolute atomic E-state index is 0.569. The van der Waals surface area contributed by atoms with Crippen LogP contribution in [-0.4, -0.2) is 37.1 Å². The van der Waals surface area contributed by atoms with Crippen LogP contribution in [0.4, 0.5) is 5.82 Å². The highest BCUT2D eigenvalue weighted by Gasteiger charge is 2.03. The Balaban J connectivity index is 2.51. The molecule has 0 bridgehead atoms. The molecule has 1 N–H and O–H groups in total. The molecular weight excluding hydrogens is 268 g/mol. The molecule has 0 unspecified atom stereocenters. The maximum absolute atomic E-state index is 8.93. The summed E-state index contributed by atoms with van der Waals surface area (Å²) >= 11 is 3.29. The van der Waals surface area contributed by atoms with Crippen LogP contribution >= 0.6 is 15.9 Å². The summed E-state index contributed by atoms with van der Waals surface area (Å²) in [6, 6.07) is 3.89. The molecule has 86 valence electrons. The van der Waals surface area contributed by atoms with Crippen LogP contribution in [0.2, 0.25) is 0 Å². The highest BCUT2D eigenvalue weighted by atomic mass is 79.9. The van der Waals surface area contributed by atoms with Crippen molar-refractivity contribution in [3.63, 3.8) is 0 Å². The van der Waals surface area contributed by atoms with Crippen molar-refractivity contribution >= 4 is 21.7 Å². The Kier molecular flexibility index (Phi) is 5.23. The zero-order chi connectivity index (χ0) is 12.0. The first-order valence-corrected chi connectivity index (χ1v) is 5.87. The first-order valence-electron chi connectivity index (χ1n) is 5.07. The van der Waals surface area contributed by atoms with E-state index >= 15 is 0 Å². The molecule has 0 spiro atoms. The van der Waals surface area contributed by atoms with E-state index in [1.54, 1.807) is 12.3 Å². The van der Waals surface area contributed by atoms with Crippen LogP contribution in [0.25, 0.3) is 0 Å². The Morgan fingerprint density at radius 2 is 2.31 bits per heavy atom. The second kappa shape index (κ2) is 6.46. The molecule has 16 heavy (non-hydrogen) atoms. The number of rotatable bonds is 5. The van der Waals surface area contributed by atoms with Gasteiger partial charge in [-0.1, -0.05) is 0 Å². The predicted molar refractivity (Wildman–Crippen MR) is 68.3 cm³/mol. The summed E-state index contributed by atoms with van der Waals surface area (Å²) in [6.45, 7) is 1.84. The van der Waals surface area contributed by atoms with Crippen molar-refractivity contribution in [3.8, 4) is 6.07 Å². The molecule has 5 heteroatoms. The Morgan fingerprint density at radius 1 is 1.56 bits per heavy atom. The highest BCUT2D eigenvalue weighted by Crippen LogP contribution is 2.16. The maximum atomic E-state index is 8.93. The smallest absolute Gasteiger partial charge is 0.143 e. The third kappa shape index (κ3) is 4.17. The minimum atomic E-state index is 0.569. The Hall–Kier alpha value is -1.12. The van der Waals surface area contributed by atoms with Crippen molar-refractivity contribution in [1.82, 2.24) is 9.88 Å². The van der Waals surface area contributed by atoms with Gasteiger partial charge in [-0.2, -0.15) is 5.26 Å². The van der Waals surface area contributed by atoms with Gasteiger partial charge in [-0.3, -0.25) is 0 Å². The largest absolute Gasteiger partial charge is 0.369 e. The third-order valence-electron chi connectivity index (χ3n) is 2.05. The van der Waals surface area contributed by atoms with E-state index in [0.717, 1.165) is 24.0 Å². The Morgan fingerprint density at radius 3 is 2.94 bits per heavy atom. The van der Waals surface area contributed by atoms with Crippen LogP contribution in [0.5, 0.6) is 0 Å². The lowest BCUT2D eigenvalue weighted by Crippen LogP contribution is -2.16. The van der Waals surface area contributed by atoms with Crippen molar-refractivity contribution in [2.75, 3.05) is 32.5 Å². The third-order valence-corrected chi connectivity index (χ3v) is 2.48. The Labute approximate surface area is 104 Å². The average molecular weight is 283 g/mol. The zero-order valence-corrected chi connectivity index (χ0v) is 11.1. The molecule has 4 nitrogen and oxygen atoms in total. The van der Waals surface area contributed by atoms with Gasteiger partial charge in [0.2, 0.25) is 0 Å². The standard InChI is InChI=1S/C11H15BrN4/c1-16(2)5-3-4-14-11-9(7-13)6-10(12)8-15-11/h6,8H,3-5H2,1-2H3,(H,14,15). The van der Waals surface area contributed by atoms with Crippen molar-refractivity contribution in [2.45, 2.75) is 6.42 Å². The molecule has 0 aliphatic carbocycles. The minimum Gasteiger partial charge on any atom is -0.369 e. The summed E-state index contributed by atoms with van der Waals surface area (Å²) in [7, 11) is 4.08. The lowest BCUT2D eigenvalue weighted by Gasteiger charge is -2.10. The quantitative estimate of drug-likeness (QED) is 0.841. The van der Waals surface area contributed by atoms with Crippen LogP contribution in [0.1, 0.15) is 12.0 Å². The zero-order valence-electron chi connectivity index (χ0n) is 9.50. The van der Waals surface area contributed by atoms with Crippen LogP contribution in [0.3, 0.4) is 0 Å². The number of pyridine rings is 1. The summed E-state index contributed by atoms with van der Waals surface area (Å²) in [6.07, 6.45) is 2.71. The summed E-state index contributed by atoms with van der Waals surface area (Å²) < 4.78 is 0.822. The fraction of sp³-hybridized carbons (Fsp3) is 0.455. The van der Waals surface area contributed by atoms with Gasteiger partial charge in [-0.15, -0.1) is 0 Å². The van der Waals surface area contributed by atoms with Gasteiger partial charge in [-0.05, 0) is 49.1 Å². The molecule has 0 fully saturated rings. The van der Waals surface area contributed by atoms with Crippen LogP contribution in [-0.2, 0) is 0 Å². The molecule has 0 atom stereocenters. The fourth-order valence-electron chi connectivity index (χ4n) is 1.27. The van der Waals surface area contributed by atoms with Crippen LogP contribution in [0.15, 0.2) is 16.7 Å². The normalized spacial score (nSPS) is 10.2. The number of anilines is 1. The lowest BCUT2D eigenvalue weighted by atomic mass is 10.3. The molecule has 0 radical (unpaired) electrons. The summed E-state index contributed by atoms with van der Waals surface area (Å²) in [4.78, 5) is 6.30. The van der Waals surface area contributed by atoms with E-state index in [1.165, 1.54) is 0 Å². The van der Waals surface area contributed by atoms with E-state index in [-0.39, 0.29) is 0 Å². The summed E-state index contributed by atoms with van der Waals surface area (Å²) in [5, 5.41) is 12.1. The molecule has 1 aromatic heterocycles. The molecule has 1 heterocycles. The van der Waals surface area contributed by atoms with E-state index in [2.05, 4.69) is 37.2 Å². The van der Waals surface area contributed by atoms with E-state index in [9.17, 15) is 0 Å². The molecule has 0 amide bonds. The van der Waals surface area contributed by atoms with Gasteiger partial charge in [0.15, 0.2) is 0 Å². The molecule has 0 aliphatic heterocycles. The van der Waals surface area contributed by atoms with Crippen LogP contribution in [0, 0.1) is 11.3 Å². The van der Waals surface area contributed by atoms with Crippen molar-refractivity contribution in [3.05, 3.63) is 22.3 Å². The SMILES string of the molecule is CN(C)CCCNc1ncc(Br)cc1C#N. The maximum Gasteiger partial charge on any atom is 0.143 e. The van der Waals surface area contributed by atoms with E-state index in [0.29, 0.717) is 11.4 Å². The molecule has 1 rings (SSSR count). The van der Waals surface area contributed by atoms with Gasteiger partial charge in [0, 0.05) is 17.2 Å². The first kappa shape index (κ1) is 12.9. The fourth-order valence-corrected chi connectivity index (χ4v) is 1.60. The number of halogens is 1. The van der Waals surface area contributed by atoms with E-state index in [1.807, 2.05) is 14.1 Å². The van der Waals surface area contributed by atoms with Gasteiger partial charge in [0.05, 0.1) is 5.56 Å². The molecule has 1 aromatic rings. The van der Waals surface area contributed by atoms with E-state index in [4.69, 9.17) is 5.26 Å². The van der Waals surface area contributed by atoms with Gasteiger partial charge in [-0.25, -0.2) is 4.98 Å².